The Bertz CT molecular complexity index is 302. The van der Waals surface area contributed by atoms with Crippen molar-refractivity contribution >= 4 is 0 Å². The number of nitrogens with zero attached hydrogens (tertiary/aromatic N) is 2. The average Bonchev–Trinajstić information content (AvgIpc) is 2.79. The second-order valence-electron chi connectivity index (χ2n) is 4.81. The average molecular weight is 237 g/mol. The lowest BCUT2D eigenvalue weighted by molar-refractivity contribution is 0.333. The van der Waals surface area contributed by atoms with E-state index in [0.717, 1.165) is 24.7 Å². The van der Waals surface area contributed by atoms with Gasteiger partial charge in [0.2, 0.25) is 0 Å². The molecule has 98 valence electrons. The van der Waals surface area contributed by atoms with Gasteiger partial charge in [-0.2, -0.15) is 0 Å². The molecule has 1 aromatic rings. The Balaban J connectivity index is 2.54. The molecule has 0 saturated heterocycles. The number of nitrogens with one attached hydrogen (secondary N) is 1. The Hall–Kier alpha value is -0.830. The van der Waals surface area contributed by atoms with Gasteiger partial charge in [-0.1, -0.05) is 33.6 Å². The number of hydrogen-bond acceptors (Lipinski definition) is 2. The SMILES string of the molecule is CCCNCc1cn(C(C)C(CC)CC)cn1. The Morgan fingerprint density at radius 3 is 2.59 bits per heavy atom. The monoisotopic (exact) mass is 237 g/mol. The maximum atomic E-state index is 4.46. The molecule has 17 heavy (non-hydrogen) atoms. The zero-order valence-electron chi connectivity index (χ0n) is 11.7. The highest BCUT2D eigenvalue weighted by molar-refractivity contribution is 4.98. The third kappa shape index (κ3) is 4.15. The van der Waals surface area contributed by atoms with E-state index in [9.17, 15) is 0 Å². The van der Waals surface area contributed by atoms with Crippen LogP contribution < -0.4 is 5.32 Å². The molecule has 0 aromatic carbocycles. The fraction of sp³-hybridized carbons (Fsp3) is 0.786. The van der Waals surface area contributed by atoms with E-state index in [4.69, 9.17) is 0 Å². The van der Waals surface area contributed by atoms with Crippen LogP contribution in [0.3, 0.4) is 0 Å². The summed E-state index contributed by atoms with van der Waals surface area (Å²) in [5.41, 5.74) is 1.15. The Kier molecular flexibility index (Phi) is 6.27. The van der Waals surface area contributed by atoms with Gasteiger partial charge in [-0.15, -0.1) is 0 Å². The van der Waals surface area contributed by atoms with E-state index in [-0.39, 0.29) is 0 Å². The summed E-state index contributed by atoms with van der Waals surface area (Å²) in [6.45, 7) is 11.0. The van der Waals surface area contributed by atoms with E-state index in [1.807, 2.05) is 6.33 Å². The topological polar surface area (TPSA) is 29.9 Å². The molecule has 0 aliphatic carbocycles. The highest BCUT2D eigenvalue weighted by atomic mass is 15.1. The fourth-order valence-corrected chi connectivity index (χ4v) is 2.30. The summed E-state index contributed by atoms with van der Waals surface area (Å²) in [5.74, 6) is 0.751. The van der Waals surface area contributed by atoms with Crippen molar-refractivity contribution in [3.05, 3.63) is 18.2 Å². The molecule has 0 amide bonds. The van der Waals surface area contributed by atoms with Crippen molar-refractivity contribution in [1.29, 1.82) is 0 Å². The van der Waals surface area contributed by atoms with Crippen molar-refractivity contribution in [3.8, 4) is 0 Å². The first kappa shape index (κ1) is 14.2. The lowest BCUT2D eigenvalue weighted by Gasteiger charge is -2.22. The van der Waals surface area contributed by atoms with Gasteiger partial charge in [-0.3, -0.25) is 0 Å². The molecule has 0 radical (unpaired) electrons. The Morgan fingerprint density at radius 2 is 2.00 bits per heavy atom. The highest BCUT2D eigenvalue weighted by Crippen LogP contribution is 2.23. The van der Waals surface area contributed by atoms with Crippen LogP contribution in [0.2, 0.25) is 0 Å². The summed E-state index contributed by atoms with van der Waals surface area (Å²) in [6, 6.07) is 0.553. The second kappa shape index (κ2) is 7.49. The zero-order chi connectivity index (χ0) is 12.7. The number of imidazole rings is 1. The molecule has 3 heteroatoms. The molecule has 1 unspecified atom stereocenters. The van der Waals surface area contributed by atoms with E-state index >= 15 is 0 Å². The molecule has 1 atom stereocenters. The lowest BCUT2D eigenvalue weighted by atomic mass is 9.95. The van der Waals surface area contributed by atoms with E-state index in [1.165, 1.54) is 19.3 Å². The molecule has 3 nitrogen and oxygen atoms in total. The molecule has 0 saturated carbocycles. The van der Waals surface area contributed by atoms with Crippen molar-refractivity contribution < 1.29 is 0 Å². The van der Waals surface area contributed by atoms with Crippen LogP contribution in [-0.2, 0) is 6.54 Å². The summed E-state index contributed by atoms with van der Waals surface area (Å²) < 4.78 is 2.26. The maximum Gasteiger partial charge on any atom is 0.0952 e. The summed E-state index contributed by atoms with van der Waals surface area (Å²) in [6.07, 6.45) is 7.81. The molecular formula is C14H27N3. The highest BCUT2D eigenvalue weighted by Gasteiger charge is 2.15. The molecule has 0 bridgehead atoms. The minimum absolute atomic E-state index is 0.553. The van der Waals surface area contributed by atoms with Gasteiger partial charge in [-0.25, -0.2) is 4.98 Å². The minimum atomic E-state index is 0.553. The molecule has 0 spiro atoms. The van der Waals surface area contributed by atoms with Gasteiger partial charge in [-0.05, 0) is 25.8 Å². The number of rotatable bonds is 8. The zero-order valence-corrected chi connectivity index (χ0v) is 11.7. The lowest BCUT2D eigenvalue weighted by Crippen LogP contribution is -2.15. The first-order chi connectivity index (χ1) is 8.22. The van der Waals surface area contributed by atoms with E-state index < -0.39 is 0 Å². The summed E-state index contributed by atoms with van der Waals surface area (Å²) in [4.78, 5) is 4.46. The van der Waals surface area contributed by atoms with Crippen LogP contribution in [0, 0.1) is 5.92 Å². The third-order valence-corrected chi connectivity index (χ3v) is 3.59. The molecule has 0 aliphatic heterocycles. The predicted octanol–water partition coefficient (Wildman–Crippen LogP) is 3.38. The van der Waals surface area contributed by atoms with Crippen molar-refractivity contribution in [3.63, 3.8) is 0 Å². The number of aromatic nitrogens is 2. The normalized spacial score (nSPS) is 13.2. The Morgan fingerprint density at radius 1 is 1.29 bits per heavy atom. The van der Waals surface area contributed by atoms with Crippen LogP contribution in [0.4, 0.5) is 0 Å². The standard InChI is InChI=1S/C14H27N3/c1-5-8-15-9-14-10-17(11-16-14)12(4)13(6-2)7-3/h10-13,15H,5-9H2,1-4H3. The van der Waals surface area contributed by atoms with Crippen molar-refractivity contribution in [1.82, 2.24) is 14.9 Å². The van der Waals surface area contributed by atoms with Crippen LogP contribution in [0.5, 0.6) is 0 Å². The molecule has 0 fully saturated rings. The quantitative estimate of drug-likeness (QED) is 0.702. The molecule has 1 aromatic heterocycles. The van der Waals surface area contributed by atoms with Gasteiger partial charge in [0.15, 0.2) is 0 Å². The predicted molar refractivity (Wildman–Crippen MR) is 73.0 cm³/mol. The van der Waals surface area contributed by atoms with Crippen LogP contribution >= 0.6 is 0 Å². The van der Waals surface area contributed by atoms with Crippen LogP contribution in [0.25, 0.3) is 0 Å². The molecule has 0 aliphatic rings. The number of hydrogen-bond donors (Lipinski definition) is 1. The third-order valence-electron chi connectivity index (χ3n) is 3.59. The van der Waals surface area contributed by atoms with Gasteiger partial charge < -0.3 is 9.88 Å². The fourth-order valence-electron chi connectivity index (χ4n) is 2.30. The van der Waals surface area contributed by atoms with Gasteiger partial charge in [0, 0.05) is 18.8 Å². The largest absolute Gasteiger partial charge is 0.334 e. The first-order valence-corrected chi connectivity index (χ1v) is 6.95. The molecule has 1 N–H and O–H groups in total. The van der Waals surface area contributed by atoms with E-state index in [2.05, 4.69) is 48.8 Å². The minimum Gasteiger partial charge on any atom is -0.334 e. The Labute approximate surface area is 106 Å². The smallest absolute Gasteiger partial charge is 0.0952 e. The van der Waals surface area contributed by atoms with Gasteiger partial charge in [0.1, 0.15) is 0 Å². The van der Waals surface area contributed by atoms with E-state index in [0.29, 0.717) is 6.04 Å². The van der Waals surface area contributed by atoms with Crippen LogP contribution in [0.1, 0.15) is 58.7 Å². The summed E-state index contributed by atoms with van der Waals surface area (Å²) in [7, 11) is 0. The maximum absolute atomic E-state index is 4.46. The summed E-state index contributed by atoms with van der Waals surface area (Å²) >= 11 is 0. The van der Waals surface area contributed by atoms with Crippen molar-refractivity contribution in [2.24, 2.45) is 5.92 Å². The van der Waals surface area contributed by atoms with Crippen molar-refractivity contribution in [2.45, 2.75) is 59.5 Å². The van der Waals surface area contributed by atoms with Gasteiger partial charge >= 0.3 is 0 Å². The first-order valence-electron chi connectivity index (χ1n) is 6.95. The molecule has 1 rings (SSSR count). The van der Waals surface area contributed by atoms with Crippen molar-refractivity contribution in [2.75, 3.05) is 6.54 Å². The van der Waals surface area contributed by atoms with E-state index in [1.54, 1.807) is 0 Å². The summed E-state index contributed by atoms with van der Waals surface area (Å²) in [5, 5.41) is 3.38. The second-order valence-corrected chi connectivity index (χ2v) is 4.81. The van der Waals surface area contributed by atoms with Crippen LogP contribution in [-0.4, -0.2) is 16.1 Å². The van der Waals surface area contributed by atoms with Gasteiger partial charge in [0.25, 0.3) is 0 Å². The van der Waals surface area contributed by atoms with Crippen LogP contribution in [0.15, 0.2) is 12.5 Å². The molecular weight excluding hydrogens is 210 g/mol. The van der Waals surface area contributed by atoms with Gasteiger partial charge in [0.05, 0.1) is 12.0 Å². The molecule has 1 heterocycles.